The largest absolute Gasteiger partial charge is 0.496 e. The molecule has 0 N–H and O–H groups in total. The summed E-state index contributed by atoms with van der Waals surface area (Å²) in [5.74, 6) is 0.761. The van der Waals surface area contributed by atoms with Crippen molar-refractivity contribution in [3.8, 4) is 5.75 Å². The van der Waals surface area contributed by atoms with E-state index in [-0.39, 0.29) is 5.78 Å². The van der Waals surface area contributed by atoms with E-state index in [1.807, 2.05) is 13.0 Å². The summed E-state index contributed by atoms with van der Waals surface area (Å²) in [7, 11) is 1.62. The Hall–Kier alpha value is -2.16. The molecule has 1 aromatic heterocycles. The Morgan fingerprint density at radius 3 is 2.65 bits per heavy atom. The molecule has 0 amide bonds. The second kappa shape index (κ2) is 4.78. The van der Waals surface area contributed by atoms with E-state index in [1.54, 1.807) is 43.8 Å². The van der Waals surface area contributed by atoms with Gasteiger partial charge in [-0.05, 0) is 42.8 Å². The summed E-state index contributed by atoms with van der Waals surface area (Å²) in [5.41, 5.74) is 2.19. The molecule has 0 unspecified atom stereocenters. The Bertz CT molecular complexity index is 535. The van der Waals surface area contributed by atoms with Gasteiger partial charge in [0.15, 0.2) is 5.78 Å². The highest BCUT2D eigenvalue weighted by Crippen LogP contribution is 2.20. The predicted molar refractivity (Wildman–Crippen MR) is 65.4 cm³/mol. The number of ether oxygens (including phenoxy) is 1. The molecule has 0 aliphatic heterocycles. The van der Waals surface area contributed by atoms with E-state index >= 15 is 0 Å². The van der Waals surface area contributed by atoms with Gasteiger partial charge in [0.1, 0.15) is 5.75 Å². The van der Waals surface area contributed by atoms with Crippen LogP contribution in [-0.2, 0) is 0 Å². The molecule has 3 heteroatoms. The van der Waals surface area contributed by atoms with Crippen LogP contribution in [0.1, 0.15) is 21.5 Å². The van der Waals surface area contributed by atoms with Gasteiger partial charge in [0.05, 0.1) is 7.11 Å². The molecular formula is C14H13NO2. The van der Waals surface area contributed by atoms with Crippen molar-refractivity contribution in [3.63, 3.8) is 0 Å². The Kier molecular flexibility index (Phi) is 3.19. The van der Waals surface area contributed by atoms with E-state index in [1.165, 1.54) is 0 Å². The van der Waals surface area contributed by atoms with Gasteiger partial charge in [-0.3, -0.25) is 9.78 Å². The van der Waals surface area contributed by atoms with Gasteiger partial charge in [0.2, 0.25) is 0 Å². The molecule has 0 saturated heterocycles. The molecule has 1 aromatic carbocycles. The molecule has 0 fully saturated rings. The summed E-state index contributed by atoms with van der Waals surface area (Å²) < 4.78 is 5.16. The first-order valence-electron chi connectivity index (χ1n) is 5.31. The molecule has 2 rings (SSSR count). The smallest absolute Gasteiger partial charge is 0.194 e. The predicted octanol–water partition coefficient (Wildman–Crippen LogP) is 2.63. The monoisotopic (exact) mass is 227 g/mol. The molecule has 0 saturated carbocycles. The zero-order chi connectivity index (χ0) is 12.3. The standard InChI is InChI=1S/C14H13NO2/c1-10-8-11(5-6-13(10)17-2)14(16)12-4-3-7-15-9-12/h3-9H,1-2H3. The second-order valence-electron chi connectivity index (χ2n) is 3.76. The number of rotatable bonds is 3. The summed E-state index contributed by atoms with van der Waals surface area (Å²) in [4.78, 5) is 16.1. The first-order chi connectivity index (χ1) is 8.22. The number of methoxy groups -OCH3 is 1. The van der Waals surface area contributed by atoms with Gasteiger partial charge in [-0.2, -0.15) is 0 Å². The molecule has 1 heterocycles. The lowest BCUT2D eigenvalue weighted by Gasteiger charge is -2.06. The van der Waals surface area contributed by atoms with E-state index in [4.69, 9.17) is 4.74 Å². The highest BCUT2D eigenvalue weighted by Gasteiger charge is 2.10. The third-order valence-corrected chi connectivity index (χ3v) is 2.58. The van der Waals surface area contributed by atoms with Gasteiger partial charge in [-0.25, -0.2) is 0 Å². The number of carbonyl (C=O) groups is 1. The zero-order valence-electron chi connectivity index (χ0n) is 9.81. The molecule has 0 radical (unpaired) electrons. The molecule has 0 bridgehead atoms. The topological polar surface area (TPSA) is 39.2 Å². The first-order valence-corrected chi connectivity index (χ1v) is 5.31. The molecule has 0 aliphatic rings. The van der Waals surface area contributed by atoms with Crippen LogP contribution in [0.15, 0.2) is 42.7 Å². The van der Waals surface area contributed by atoms with Crippen LogP contribution in [0.2, 0.25) is 0 Å². The van der Waals surface area contributed by atoms with Crippen molar-refractivity contribution in [1.29, 1.82) is 0 Å². The highest BCUT2D eigenvalue weighted by atomic mass is 16.5. The summed E-state index contributed by atoms with van der Waals surface area (Å²) in [6, 6.07) is 8.91. The van der Waals surface area contributed by atoms with Crippen LogP contribution in [-0.4, -0.2) is 17.9 Å². The van der Waals surface area contributed by atoms with Crippen LogP contribution in [0.5, 0.6) is 5.75 Å². The van der Waals surface area contributed by atoms with Crippen molar-refractivity contribution in [2.24, 2.45) is 0 Å². The van der Waals surface area contributed by atoms with Gasteiger partial charge in [0.25, 0.3) is 0 Å². The molecule has 0 aliphatic carbocycles. The molecule has 0 spiro atoms. The van der Waals surface area contributed by atoms with Crippen LogP contribution >= 0.6 is 0 Å². The Morgan fingerprint density at radius 2 is 2.06 bits per heavy atom. The molecular weight excluding hydrogens is 214 g/mol. The highest BCUT2D eigenvalue weighted by molar-refractivity contribution is 6.08. The lowest BCUT2D eigenvalue weighted by Crippen LogP contribution is -2.02. The number of benzene rings is 1. The van der Waals surface area contributed by atoms with Crippen molar-refractivity contribution in [2.45, 2.75) is 6.92 Å². The third kappa shape index (κ3) is 2.33. The summed E-state index contributed by atoms with van der Waals surface area (Å²) in [6.45, 7) is 1.92. The first kappa shape index (κ1) is 11.3. The van der Waals surface area contributed by atoms with Crippen molar-refractivity contribution >= 4 is 5.78 Å². The number of nitrogens with zero attached hydrogens (tertiary/aromatic N) is 1. The van der Waals surface area contributed by atoms with Gasteiger partial charge in [0, 0.05) is 23.5 Å². The van der Waals surface area contributed by atoms with Crippen LogP contribution in [0, 0.1) is 6.92 Å². The van der Waals surface area contributed by atoms with Crippen molar-refractivity contribution in [2.75, 3.05) is 7.11 Å². The number of ketones is 1. The molecule has 2 aromatic rings. The maximum Gasteiger partial charge on any atom is 0.194 e. The van der Waals surface area contributed by atoms with Crippen LogP contribution in [0.25, 0.3) is 0 Å². The fraction of sp³-hybridized carbons (Fsp3) is 0.143. The van der Waals surface area contributed by atoms with Crippen LogP contribution in [0.3, 0.4) is 0 Å². The van der Waals surface area contributed by atoms with Gasteiger partial charge in [-0.15, -0.1) is 0 Å². The number of hydrogen-bond acceptors (Lipinski definition) is 3. The molecule has 3 nitrogen and oxygen atoms in total. The van der Waals surface area contributed by atoms with Crippen LogP contribution in [0.4, 0.5) is 0 Å². The number of hydrogen-bond donors (Lipinski definition) is 0. The fourth-order valence-corrected chi connectivity index (χ4v) is 1.68. The van der Waals surface area contributed by atoms with Crippen molar-refractivity contribution in [1.82, 2.24) is 4.98 Å². The fourth-order valence-electron chi connectivity index (χ4n) is 1.68. The number of carbonyl (C=O) groups excluding carboxylic acids is 1. The lowest BCUT2D eigenvalue weighted by molar-refractivity contribution is 0.103. The van der Waals surface area contributed by atoms with E-state index in [0.29, 0.717) is 11.1 Å². The van der Waals surface area contributed by atoms with Gasteiger partial charge >= 0.3 is 0 Å². The minimum absolute atomic E-state index is 0.0242. The van der Waals surface area contributed by atoms with Crippen LogP contribution < -0.4 is 4.74 Å². The SMILES string of the molecule is COc1ccc(C(=O)c2cccnc2)cc1C. The minimum atomic E-state index is -0.0242. The average molecular weight is 227 g/mol. The van der Waals surface area contributed by atoms with E-state index in [2.05, 4.69) is 4.98 Å². The molecule has 86 valence electrons. The van der Waals surface area contributed by atoms with E-state index in [9.17, 15) is 4.79 Å². The number of aromatic nitrogens is 1. The average Bonchev–Trinajstić information content (AvgIpc) is 2.39. The lowest BCUT2D eigenvalue weighted by atomic mass is 10.0. The third-order valence-electron chi connectivity index (χ3n) is 2.58. The van der Waals surface area contributed by atoms with E-state index < -0.39 is 0 Å². The summed E-state index contributed by atoms with van der Waals surface area (Å²) >= 11 is 0. The van der Waals surface area contributed by atoms with Crippen molar-refractivity contribution < 1.29 is 9.53 Å². The Labute approximate surface area is 100 Å². The zero-order valence-corrected chi connectivity index (χ0v) is 9.81. The summed E-state index contributed by atoms with van der Waals surface area (Å²) in [6.07, 6.45) is 3.22. The number of aryl methyl sites for hydroxylation is 1. The molecule has 17 heavy (non-hydrogen) atoms. The second-order valence-corrected chi connectivity index (χ2v) is 3.76. The maximum atomic E-state index is 12.1. The van der Waals surface area contributed by atoms with Crippen molar-refractivity contribution in [3.05, 3.63) is 59.4 Å². The van der Waals surface area contributed by atoms with E-state index in [0.717, 1.165) is 11.3 Å². The Balaban J connectivity index is 2.35. The maximum absolute atomic E-state index is 12.1. The Morgan fingerprint density at radius 1 is 1.24 bits per heavy atom. The van der Waals surface area contributed by atoms with Gasteiger partial charge in [-0.1, -0.05) is 0 Å². The van der Waals surface area contributed by atoms with Gasteiger partial charge < -0.3 is 4.74 Å². The normalized spacial score (nSPS) is 10.0. The molecule has 0 atom stereocenters. The number of pyridine rings is 1. The minimum Gasteiger partial charge on any atom is -0.496 e. The summed E-state index contributed by atoms with van der Waals surface area (Å²) in [5, 5.41) is 0. The quantitative estimate of drug-likeness (QED) is 0.757.